The van der Waals surface area contributed by atoms with Crippen molar-refractivity contribution in [1.82, 2.24) is 10.3 Å². The Bertz CT molecular complexity index is 689. The molecular weight excluding hydrogens is 300 g/mol. The molecule has 0 aliphatic carbocycles. The molecule has 0 aliphatic rings. The molecule has 5 nitrogen and oxygen atoms in total. The highest BCUT2D eigenvalue weighted by Gasteiger charge is 2.24. The quantitative estimate of drug-likeness (QED) is 0.831. The molecule has 0 radical (unpaired) electrons. The number of hydrogen-bond acceptors (Lipinski definition) is 4. The normalized spacial score (nSPS) is 11.5. The van der Waals surface area contributed by atoms with Crippen LogP contribution in [0.4, 0.5) is 0 Å². The predicted octanol–water partition coefficient (Wildman–Crippen LogP) is 2.91. The van der Waals surface area contributed by atoms with Gasteiger partial charge in [-0.2, -0.15) is 0 Å². The molecule has 2 N–H and O–H groups in total. The summed E-state index contributed by atoms with van der Waals surface area (Å²) in [6.45, 7) is 3.78. The first kappa shape index (κ1) is 15.9. The van der Waals surface area contributed by atoms with E-state index >= 15 is 0 Å². The maximum absolute atomic E-state index is 12.0. The van der Waals surface area contributed by atoms with Gasteiger partial charge < -0.3 is 10.4 Å². The van der Waals surface area contributed by atoms with Gasteiger partial charge in [-0.25, -0.2) is 9.78 Å². The molecule has 0 saturated carbocycles. The summed E-state index contributed by atoms with van der Waals surface area (Å²) in [6.07, 6.45) is 4.76. The second-order valence-corrected chi connectivity index (χ2v) is 6.11. The van der Waals surface area contributed by atoms with Gasteiger partial charge in [0.1, 0.15) is 5.01 Å². The van der Waals surface area contributed by atoms with Crippen LogP contribution >= 0.6 is 11.3 Å². The highest BCUT2D eigenvalue weighted by molar-refractivity contribution is 7.09. The van der Waals surface area contributed by atoms with Gasteiger partial charge in [-0.3, -0.25) is 4.79 Å². The summed E-state index contributed by atoms with van der Waals surface area (Å²) in [5.41, 5.74) is 0.432. The SMILES string of the molecule is CC(C)(NC(=O)C=Cc1ccc(C(=O)O)cc1)c1nccs1. The minimum Gasteiger partial charge on any atom is -0.478 e. The molecule has 0 bridgehead atoms. The van der Waals surface area contributed by atoms with Crippen molar-refractivity contribution in [1.29, 1.82) is 0 Å². The van der Waals surface area contributed by atoms with E-state index in [2.05, 4.69) is 10.3 Å². The summed E-state index contributed by atoms with van der Waals surface area (Å²) in [6, 6.07) is 6.30. The number of aromatic nitrogens is 1. The van der Waals surface area contributed by atoms with Crippen LogP contribution in [0.2, 0.25) is 0 Å². The Morgan fingerprint density at radius 3 is 2.50 bits per heavy atom. The number of amides is 1. The third kappa shape index (κ3) is 4.02. The lowest BCUT2D eigenvalue weighted by molar-refractivity contribution is -0.118. The van der Waals surface area contributed by atoms with E-state index < -0.39 is 11.5 Å². The zero-order valence-electron chi connectivity index (χ0n) is 12.2. The molecule has 0 aliphatic heterocycles. The van der Waals surface area contributed by atoms with Crippen LogP contribution in [-0.2, 0) is 10.3 Å². The van der Waals surface area contributed by atoms with Gasteiger partial charge >= 0.3 is 5.97 Å². The highest BCUT2D eigenvalue weighted by Crippen LogP contribution is 2.21. The van der Waals surface area contributed by atoms with E-state index in [4.69, 9.17) is 5.11 Å². The molecule has 0 atom stereocenters. The van der Waals surface area contributed by atoms with Crippen molar-refractivity contribution < 1.29 is 14.7 Å². The number of carboxylic acids is 1. The van der Waals surface area contributed by atoms with Crippen molar-refractivity contribution in [2.45, 2.75) is 19.4 Å². The molecule has 0 fully saturated rings. The van der Waals surface area contributed by atoms with Gasteiger partial charge in [-0.05, 0) is 37.6 Å². The van der Waals surface area contributed by atoms with Crippen LogP contribution in [0.1, 0.15) is 34.8 Å². The molecular formula is C16H16N2O3S. The number of hydrogen-bond donors (Lipinski definition) is 2. The standard InChI is InChI=1S/C16H16N2O3S/c1-16(2,15-17-9-10-22-15)18-13(19)8-5-11-3-6-12(7-4-11)14(20)21/h3-10H,1-2H3,(H,18,19)(H,20,21). The largest absolute Gasteiger partial charge is 0.478 e. The van der Waals surface area contributed by atoms with Gasteiger partial charge in [0.25, 0.3) is 0 Å². The molecule has 1 amide bonds. The molecule has 0 spiro atoms. The molecule has 2 rings (SSSR count). The van der Waals surface area contributed by atoms with Crippen LogP contribution in [-0.4, -0.2) is 22.0 Å². The second kappa shape index (κ2) is 6.53. The van der Waals surface area contributed by atoms with E-state index in [0.717, 1.165) is 10.6 Å². The zero-order valence-corrected chi connectivity index (χ0v) is 13.1. The number of nitrogens with zero attached hydrogens (tertiary/aromatic N) is 1. The molecule has 6 heteroatoms. The molecule has 1 aromatic heterocycles. The lowest BCUT2D eigenvalue weighted by atomic mass is 10.1. The summed E-state index contributed by atoms with van der Waals surface area (Å²) in [4.78, 5) is 27.0. The van der Waals surface area contributed by atoms with Crippen molar-refractivity contribution in [3.8, 4) is 0 Å². The maximum atomic E-state index is 12.0. The van der Waals surface area contributed by atoms with Gasteiger partial charge in [0.05, 0.1) is 11.1 Å². The van der Waals surface area contributed by atoms with Crippen LogP contribution in [0.5, 0.6) is 0 Å². The van der Waals surface area contributed by atoms with E-state index in [1.807, 2.05) is 19.2 Å². The number of thiazole rings is 1. The van der Waals surface area contributed by atoms with Gasteiger partial charge in [-0.15, -0.1) is 11.3 Å². The maximum Gasteiger partial charge on any atom is 0.335 e. The number of nitrogens with one attached hydrogen (secondary N) is 1. The molecule has 1 heterocycles. The lowest BCUT2D eigenvalue weighted by Gasteiger charge is -2.22. The minimum atomic E-state index is -0.974. The van der Waals surface area contributed by atoms with Crippen molar-refractivity contribution in [3.63, 3.8) is 0 Å². The van der Waals surface area contributed by atoms with Gasteiger partial charge in [0, 0.05) is 17.7 Å². The van der Waals surface area contributed by atoms with Crippen LogP contribution < -0.4 is 5.32 Å². The number of rotatable bonds is 5. The van der Waals surface area contributed by atoms with E-state index in [9.17, 15) is 9.59 Å². The summed E-state index contributed by atoms with van der Waals surface area (Å²) >= 11 is 1.49. The summed E-state index contributed by atoms with van der Waals surface area (Å²) < 4.78 is 0. The Kier molecular flexibility index (Phi) is 4.72. The first-order valence-electron chi connectivity index (χ1n) is 6.62. The Hall–Kier alpha value is -2.47. The molecule has 114 valence electrons. The van der Waals surface area contributed by atoms with Crippen LogP contribution in [0.25, 0.3) is 6.08 Å². The molecule has 0 unspecified atom stereocenters. The smallest absolute Gasteiger partial charge is 0.335 e. The predicted molar refractivity (Wildman–Crippen MR) is 85.7 cm³/mol. The number of carboxylic acid groups (broad SMARTS) is 1. The zero-order chi connectivity index (χ0) is 16.2. The average Bonchev–Trinajstić information content (AvgIpc) is 3.00. The number of carbonyl (C=O) groups excluding carboxylic acids is 1. The number of benzene rings is 1. The Morgan fingerprint density at radius 2 is 1.95 bits per heavy atom. The van der Waals surface area contributed by atoms with Crippen molar-refractivity contribution >= 4 is 29.3 Å². The minimum absolute atomic E-state index is 0.214. The number of aromatic carboxylic acids is 1. The fourth-order valence-electron chi connectivity index (χ4n) is 1.84. The van der Waals surface area contributed by atoms with Crippen LogP contribution in [0.15, 0.2) is 41.9 Å². The van der Waals surface area contributed by atoms with Gasteiger partial charge in [0.15, 0.2) is 0 Å². The van der Waals surface area contributed by atoms with E-state index in [1.54, 1.807) is 24.4 Å². The third-order valence-electron chi connectivity index (χ3n) is 2.99. The Morgan fingerprint density at radius 1 is 1.27 bits per heavy atom. The summed E-state index contributed by atoms with van der Waals surface area (Å²) in [5.74, 6) is -1.21. The van der Waals surface area contributed by atoms with Crippen molar-refractivity contribution in [2.75, 3.05) is 0 Å². The van der Waals surface area contributed by atoms with Crippen LogP contribution in [0, 0.1) is 0 Å². The summed E-state index contributed by atoms with van der Waals surface area (Å²) in [7, 11) is 0. The Labute approximate surface area is 132 Å². The van der Waals surface area contributed by atoms with Crippen LogP contribution in [0.3, 0.4) is 0 Å². The van der Waals surface area contributed by atoms with E-state index in [0.29, 0.717) is 0 Å². The average molecular weight is 316 g/mol. The second-order valence-electron chi connectivity index (χ2n) is 5.21. The monoisotopic (exact) mass is 316 g/mol. The summed E-state index contributed by atoms with van der Waals surface area (Å²) in [5, 5.41) is 14.4. The number of carbonyl (C=O) groups is 2. The first-order valence-corrected chi connectivity index (χ1v) is 7.50. The molecule has 1 aromatic carbocycles. The first-order chi connectivity index (χ1) is 10.4. The van der Waals surface area contributed by atoms with Gasteiger partial charge in [-0.1, -0.05) is 12.1 Å². The highest BCUT2D eigenvalue weighted by atomic mass is 32.1. The third-order valence-corrected chi connectivity index (χ3v) is 4.08. The fourth-order valence-corrected chi connectivity index (χ4v) is 2.56. The topological polar surface area (TPSA) is 79.3 Å². The van der Waals surface area contributed by atoms with Crippen molar-refractivity contribution in [2.24, 2.45) is 0 Å². The van der Waals surface area contributed by atoms with E-state index in [1.165, 1.54) is 29.5 Å². The Balaban J connectivity index is 2.01. The molecule has 0 saturated heterocycles. The molecule has 22 heavy (non-hydrogen) atoms. The van der Waals surface area contributed by atoms with E-state index in [-0.39, 0.29) is 11.5 Å². The fraction of sp³-hybridized carbons (Fsp3) is 0.188. The molecule has 2 aromatic rings. The van der Waals surface area contributed by atoms with Gasteiger partial charge in [0.2, 0.25) is 5.91 Å². The van der Waals surface area contributed by atoms with Crippen molar-refractivity contribution in [3.05, 3.63) is 58.1 Å². The lowest BCUT2D eigenvalue weighted by Crippen LogP contribution is -2.39.